The SMILES string of the molecule is CCCCCCCCCn1nnc(-c2ccncc2)n1. The van der Waals surface area contributed by atoms with E-state index in [2.05, 4.69) is 27.3 Å². The third-order valence-corrected chi connectivity index (χ3v) is 3.35. The fraction of sp³-hybridized carbons (Fsp3) is 0.600. The molecule has 0 saturated carbocycles. The number of aromatic nitrogens is 5. The highest BCUT2D eigenvalue weighted by Crippen LogP contribution is 2.11. The molecule has 0 spiro atoms. The third-order valence-electron chi connectivity index (χ3n) is 3.35. The van der Waals surface area contributed by atoms with Gasteiger partial charge in [0.25, 0.3) is 0 Å². The first-order chi connectivity index (χ1) is 9.90. The molecule has 108 valence electrons. The van der Waals surface area contributed by atoms with Crippen molar-refractivity contribution in [3.05, 3.63) is 24.5 Å². The maximum absolute atomic E-state index is 4.39. The molecule has 0 aliphatic carbocycles. The number of rotatable bonds is 9. The number of pyridine rings is 1. The minimum atomic E-state index is 0.676. The van der Waals surface area contributed by atoms with Gasteiger partial charge in [-0.05, 0) is 23.8 Å². The van der Waals surface area contributed by atoms with Crippen LogP contribution in [0.25, 0.3) is 11.4 Å². The Morgan fingerprint density at radius 1 is 0.950 bits per heavy atom. The highest BCUT2D eigenvalue weighted by Gasteiger charge is 2.04. The zero-order valence-corrected chi connectivity index (χ0v) is 12.2. The highest BCUT2D eigenvalue weighted by atomic mass is 15.6. The number of nitrogens with zero attached hydrogens (tertiary/aromatic N) is 5. The molecule has 20 heavy (non-hydrogen) atoms. The molecule has 5 nitrogen and oxygen atoms in total. The molecule has 0 atom stereocenters. The summed E-state index contributed by atoms with van der Waals surface area (Å²) in [5.74, 6) is 0.676. The first kappa shape index (κ1) is 14.6. The first-order valence-electron chi connectivity index (χ1n) is 7.58. The minimum Gasteiger partial charge on any atom is -0.265 e. The first-order valence-corrected chi connectivity index (χ1v) is 7.58. The van der Waals surface area contributed by atoms with Crippen LogP contribution in [-0.2, 0) is 6.54 Å². The van der Waals surface area contributed by atoms with Gasteiger partial charge in [-0.3, -0.25) is 4.98 Å². The zero-order chi connectivity index (χ0) is 14.0. The molecule has 0 fully saturated rings. The molecule has 2 aromatic rings. The van der Waals surface area contributed by atoms with E-state index in [0.29, 0.717) is 5.82 Å². The summed E-state index contributed by atoms with van der Waals surface area (Å²) in [5.41, 5.74) is 0.964. The normalized spacial score (nSPS) is 10.8. The van der Waals surface area contributed by atoms with E-state index < -0.39 is 0 Å². The fourth-order valence-electron chi connectivity index (χ4n) is 2.16. The van der Waals surface area contributed by atoms with Gasteiger partial charge in [0.15, 0.2) is 0 Å². The Morgan fingerprint density at radius 2 is 1.65 bits per heavy atom. The van der Waals surface area contributed by atoms with Crippen molar-refractivity contribution in [1.29, 1.82) is 0 Å². The van der Waals surface area contributed by atoms with Crippen molar-refractivity contribution < 1.29 is 0 Å². The molecule has 0 amide bonds. The van der Waals surface area contributed by atoms with Crippen LogP contribution in [0.15, 0.2) is 24.5 Å². The Labute approximate surface area is 120 Å². The van der Waals surface area contributed by atoms with Gasteiger partial charge in [-0.2, -0.15) is 4.80 Å². The lowest BCUT2D eigenvalue weighted by atomic mass is 10.1. The molecule has 0 aromatic carbocycles. The second-order valence-electron chi connectivity index (χ2n) is 5.07. The molecule has 0 aliphatic rings. The molecule has 2 heterocycles. The van der Waals surface area contributed by atoms with Crippen LogP contribution in [-0.4, -0.2) is 25.2 Å². The van der Waals surface area contributed by atoms with Crippen molar-refractivity contribution in [2.45, 2.75) is 58.4 Å². The Hall–Kier alpha value is -1.78. The Balaban J connectivity index is 1.69. The zero-order valence-electron chi connectivity index (χ0n) is 12.2. The second kappa shape index (κ2) is 8.40. The van der Waals surface area contributed by atoms with E-state index in [0.717, 1.165) is 18.5 Å². The molecular weight excluding hydrogens is 250 g/mol. The number of aryl methyl sites for hydroxylation is 1. The van der Waals surface area contributed by atoms with Crippen LogP contribution < -0.4 is 0 Å². The van der Waals surface area contributed by atoms with Crippen LogP contribution in [0.3, 0.4) is 0 Å². The van der Waals surface area contributed by atoms with Crippen LogP contribution in [0.5, 0.6) is 0 Å². The average Bonchev–Trinajstić information content (AvgIpc) is 2.96. The van der Waals surface area contributed by atoms with Gasteiger partial charge < -0.3 is 0 Å². The highest BCUT2D eigenvalue weighted by molar-refractivity contribution is 5.51. The Kier molecular flexibility index (Phi) is 6.14. The topological polar surface area (TPSA) is 56.5 Å². The molecule has 0 N–H and O–H groups in total. The Bertz CT molecular complexity index is 480. The average molecular weight is 273 g/mol. The van der Waals surface area contributed by atoms with Crippen LogP contribution in [0.1, 0.15) is 51.9 Å². The summed E-state index contributed by atoms with van der Waals surface area (Å²) in [5, 5.41) is 12.6. The minimum absolute atomic E-state index is 0.676. The van der Waals surface area contributed by atoms with Crippen molar-refractivity contribution in [3.63, 3.8) is 0 Å². The van der Waals surface area contributed by atoms with Crippen molar-refractivity contribution in [1.82, 2.24) is 25.2 Å². The van der Waals surface area contributed by atoms with E-state index in [1.807, 2.05) is 12.1 Å². The fourth-order valence-corrected chi connectivity index (χ4v) is 2.16. The van der Waals surface area contributed by atoms with E-state index in [-0.39, 0.29) is 0 Å². The van der Waals surface area contributed by atoms with Gasteiger partial charge in [-0.15, -0.1) is 10.2 Å². The second-order valence-corrected chi connectivity index (χ2v) is 5.07. The summed E-state index contributed by atoms with van der Waals surface area (Å²) in [6, 6.07) is 3.80. The van der Waals surface area contributed by atoms with Gasteiger partial charge in [0.1, 0.15) is 0 Å². The molecule has 2 rings (SSSR count). The van der Waals surface area contributed by atoms with Gasteiger partial charge in [0, 0.05) is 18.0 Å². The number of hydrogen-bond donors (Lipinski definition) is 0. The third kappa shape index (κ3) is 4.72. The standard InChI is InChI=1S/C15H23N5/c1-2-3-4-5-6-7-8-13-20-18-15(17-19-20)14-9-11-16-12-10-14/h9-12H,2-8,13H2,1H3. The van der Waals surface area contributed by atoms with Gasteiger partial charge in [0.05, 0.1) is 6.54 Å². The summed E-state index contributed by atoms with van der Waals surface area (Å²) >= 11 is 0. The largest absolute Gasteiger partial charge is 0.265 e. The van der Waals surface area contributed by atoms with Gasteiger partial charge in [0.2, 0.25) is 5.82 Å². The molecule has 5 heteroatoms. The van der Waals surface area contributed by atoms with Gasteiger partial charge >= 0.3 is 0 Å². The molecule has 0 radical (unpaired) electrons. The summed E-state index contributed by atoms with van der Waals surface area (Å²) in [6.07, 6.45) is 12.5. The van der Waals surface area contributed by atoms with Crippen molar-refractivity contribution in [3.8, 4) is 11.4 Å². The van der Waals surface area contributed by atoms with E-state index in [1.165, 1.54) is 38.5 Å². The molecule has 0 unspecified atom stereocenters. The molecule has 0 aliphatic heterocycles. The monoisotopic (exact) mass is 273 g/mol. The summed E-state index contributed by atoms with van der Waals surface area (Å²) in [6.45, 7) is 3.10. The van der Waals surface area contributed by atoms with E-state index >= 15 is 0 Å². The molecular formula is C15H23N5. The van der Waals surface area contributed by atoms with Crippen molar-refractivity contribution in [2.75, 3.05) is 0 Å². The van der Waals surface area contributed by atoms with Gasteiger partial charge in [-0.25, -0.2) is 0 Å². The van der Waals surface area contributed by atoms with Crippen LogP contribution >= 0.6 is 0 Å². The lowest BCUT2D eigenvalue weighted by molar-refractivity contribution is 0.473. The molecule has 2 aromatic heterocycles. The maximum Gasteiger partial charge on any atom is 0.205 e. The predicted molar refractivity (Wildman–Crippen MR) is 79.0 cm³/mol. The number of hydrogen-bond acceptors (Lipinski definition) is 4. The van der Waals surface area contributed by atoms with Crippen molar-refractivity contribution >= 4 is 0 Å². The van der Waals surface area contributed by atoms with Crippen LogP contribution in [0.2, 0.25) is 0 Å². The van der Waals surface area contributed by atoms with Crippen molar-refractivity contribution in [2.24, 2.45) is 0 Å². The number of tetrazole rings is 1. The quantitative estimate of drug-likeness (QED) is 0.656. The lowest BCUT2D eigenvalue weighted by Gasteiger charge is -2.00. The van der Waals surface area contributed by atoms with E-state index in [9.17, 15) is 0 Å². The Morgan fingerprint density at radius 3 is 2.40 bits per heavy atom. The van der Waals surface area contributed by atoms with Gasteiger partial charge in [-0.1, -0.05) is 45.4 Å². The predicted octanol–water partition coefficient (Wildman–Crippen LogP) is 3.49. The van der Waals surface area contributed by atoms with Crippen LogP contribution in [0.4, 0.5) is 0 Å². The summed E-state index contributed by atoms with van der Waals surface area (Å²) in [7, 11) is 0. The summed E-state index contributed by atoms with van der Waals surface area (Å²) < 4.78 is 0. The lowest BCUT2D eigenvalue weighted by Crippen LogP contribution is -2.02. The number of unbranched alkanes of at least 4 members (excludes halogenated alkanes) is 6. The molecule has 0 saturated heterocycles. The molecule has 0 bridgehead atoms. The van der Waals surface area contributed by atoms with Crippen LogP contribution in [0, 0.1) is 0 Å². The van der Waals surface area contributed by atoms with E-state index in [1.54, 1.807) is 17.2 Å². The smallest absolute Gasteiger partial charge is 0.205 e. The maximum atomic E-state index is 4.39. The van der Waals surface area contributed by atoms with E-state index in [4.69, 9.17) is 0 Å². The summed E-state index contributed by atoms with van der Waals surface area (Å²) in [4.78, 5) is 5.68.